The first-order chi connectivity index (χ1) is 11.8. The Morgan fingerprint density at radius 1 is 1.00 bits per heavy atom. The number of aryl methyl sites for hydroxylation is 2. The highest BCUT2D eigenvalue weighted by Gasteiger charge is 2.21. The van der Waals surface area contributed by atoms with Crippen molar-refractivity contribution in [3.8, 4) is 11.1 Å². The van der Waals surface area contributed by atoms with Crippen LogP contribution >= 0.6 is 15.9 Å². The van der Waals surface area contributed by atoms with Crippen LogP contribution in [0.5, 0.6) is 0 Å². The van der Waals surface area contributed by atoms with Gasteiger partial charge in [-0.2, -0.15) is 5.10 Å². The molecule has 1 aromatic heterocycles. The first-order valence-corrected chi connectivity index (χ1v) is 7.98. The molecule has 0 atom stereocenters. The van der Waals surface area contributed by atoms with Gasteiger partial charge in [-0.3, -0.25) is 4.68 Å². The number of anilines is 2. The second-order valence-corrected chi connectivity index (χ2v) is 6.28. The third-order valence-electron chi connectivity index (χ3n) is 3.67. The molecular weight excluding hydrogens is 402 g/mol. The summed E-state index contributed by atoms with van der Waals surface area (Å²) in [5, 5.41) is 7.02. The maximum atomic E-state index is 14.2. The number of hydrogen-bond acceptors (Lipinski definition) is 2. The van der Waals surface area contributed by atoms with Crippen molar-refractivity contribution in [1.82, 2.24) is 9.78 Å². The molecule has 0 amide bonds. The summed E-state index contributed by atoms with van der Waals surface area (Å²) in [7, 11) is 1.59. The molecule has 8 heteroatoms. The quantitative estimate of drug-likeness (QED) is 0.577. The van der Waals surface area contributed by atoms with E-state index in [0.29, 0.717) is 11.3 Å². The lowest BCUT2D eigenvalue weighted by Gasteiger charge is -2.13. The molecule has 0 aliphatic heterocycles. The van der Waals surface area contributed by atoms with Crippen molar-refractivity contribution >= 4 is 27.4 Å². The van der Waals surface area contributed by atoms with E-state index in [1.807, 2.05) is 0 Å². The van der Waals surface area contributed by atoms with Crippen LogP contribution in [0.4, 0.5) is 29.1 Å². The maximum Gasteiger partial charge on any atom is 0.150 e. The highest BCUT2D eigenvalue weighted by Crippen LogP contribution is 2.37. The van der Waals surface area contributed by atoms with Gasteiger partial charge >= 0.3 is 0 Å². The standard InChI is InChI=1S/C17H12BrF4N3/c1-8-15(11-4-3-9(19)6-13(11)21)17(25(2)24-8)23-16-12(18)5-10(20)7-14(16)22/h3-7,23H,1-2H3. The Labute approximate surface area is 149 Å². The third-order valence-corrected chi connectivity index (χ3v) is 4.30. The first-order valence-electron chi connectivity index (χ1n) is 7.18. The lowest BCUT2D eigenvalue weighted by Crippen LogP contribution is -2.03. The third kappa shape index (κ3) is 3.26. The molecule has 3 aromatic rings. The molecule has 1 N–H and O–H groups in total. The van der Waals surface area contributed by atoms with Gasteiger partial charge in [0.1, 0.15) is 23.3 Å². The molecule has 0 aliphatic rings. The summed E-state index contributed by atoms with van der Waals surface area (Å²) in [5.41, 5.74) is 0.922. The summed E-state index contributed by atoms with van der Waals surface area (Å²) in [6.45, 7) is 1.65. The number of hydrogen-bond donors (Lipinski definition) is 1. The van der Waals surface area contributed by atoms with Crippen LogP contribution in [-0.2, 0) is 7.05 Å². The summed E-state index contributed by atoms with van der Waals surface area (Å²) in [6, 6.07) is 5.01. The highest BCUT2D eigenvalue weighted by atomic mass is 79.9. The first kappa shape index (κ1) is 17.5. The van der Waals surface area contributed by atoms with Gasteiger partial charge in [0.25, 0.3) is 0 Å². The molecule has 2 aromatic carbocycles. The molecule has 0 aliphatic carbocycles. The molecule has 0 bridgehead atoms. The molecule has 0 unspecified atom stereocenters. The van der Waals surface area contributed by atoms with E-state index in [0.717, 1.165) is 24.3 Å². The minimum atomic E-state index is -0.823. The Hall–Kier alpha value is -2.35. The average molecular weight is 414 g/mol. The Bertz CT molecular complexity index is 946. The summed E-state index contributed by atoms with van der Waals surface area (Å²) in [4.78, 5) is 0. The summed E-state index contributed by atoms with van der Waals surface area (Å²) in [6.07, 6.45) is 0. The normalized spacial score (nSPS) is 11.0. The smallest absolute Gasteiger partial charge is 0.150 e. The molecule has 0 radical (unpaired) electrons. The van der Waals surface area contributed by atoms with Crippen LogP contribution in [0.25, 0.3) is 11.1 Å². The number of rotatable bonds is 3. The second kappa shape index (κ2) is 6.51. The van der Waals surface area contributed by atoms with Crippen molar-refractivity contribution < 1.29 is 17.6 Å². The molecule has 25 heavy (non-hydrogen) atoms. The Morgan fingerprint density at radius 2 is 1.68 bits per heavy atom. The topological polar surface area (TPSA) is 29.9 Å². The number of nitrogens with one attached hydrogen (secondary N) is 1. The zero-order valence-corrected chi connectivity index (χ0v) is 14.8. The van der Waals surface area contributed by atoms with Gasteiger partial charge < -0.3 is 5.32 Å². The Balaban J connectivity index is 2.16. The predicted molar refractivity (Wildman–Crippen MR) is 90.6 cm³/mol. The van der Waals surface area contributed by atoms with E-state index in [2.05, 4.69) is 26.3 Å². The fourth-order valence-corrected chi connectivity index (χ4v) is 3.10. The van der Waals surface area contributed by atoms with Crippen LogP contribution < -0.4 is 5.32 Å². The van der Waals surface area contributed by atoms with Crippen LogP contribution in [0.3, 0.4) is 0 Å². The van der Waals surface area contributed by atoms with Crippen molar-refractivity contribution in [3.63, 3.8) is 0 Å². The highest BCUT2D eigenvalue weighted by molar-refractivity contribution is 9.10. The SMILES string of the molecule is Cc1nn(C)c(Nc2c(F)cc(F)cc2Br)c1-c1ccc(F)cc1F. The van der Waals surface area contributed by atoms with Crippen molar-refractivity contribution in [3.05, 3.63) is 63.8 Å². The van der Waals surface area contributed by atoms with Gasteiger partial charge in [0, 0.05) is 29.2 Å². The van der Waals surface area contributed by atoms with Crippen molar-refractivity contribution in [2.75, 3.05) is 5.32 Å². The molecule has 0 saturated heterocycles. The second-order valence-electron chi connectivity index (χ2n) is 5.43. The number of benzene rings is 2. The van der Waals surface area contributed by atoms with Gasteiger partial charge in [-0.1, -0.05) is 0 Å². The van der Waals surface area contributed by atoms with Crippen LogP contribution in [-0.4, -0.2) is 9.78 Å². The molecule has 130 valence electrons. The lowest BCUT2D eigenvalue weighted by atomic mass is 10.0. The largest absolute Gasteiger partial charge is 0.337 e. The minimum Gasteiger partial charge on any atom is -0.337 e. The molecule has 3 rings (SSSR count). The van der Waals surface area contributed by atoms with Gasteiger partial charge in [0.05, 0.1) is 16.9 Å². The van der Waals surface area contributed by atoms with Crippen molar-refractivity contribution in [2.24, 2.45) is 7.05 Å². The Kier molecular flexibility index (Phi) is 4.55. The van der Waals surface area contributed by atoms with Gasteiger partial charge in [0.2, 0.25) is 0 Å². The van der Waals surface area contributed by atoms with Crippen molar-refractivity contribution in [1.29, 1.82) is 0 Å². The molecule has 3 nitrogen and oxygen atoms in total. The fraction of sp³-hybridized carbons (Fsp3) is 0.118. The number of aromatic nitrogens is 2. The van der Waals surface area contributed by atoms with E-state index < -0.39 is 23.3 Å². The fourth-order valence-electron chi connectivity index (χ4n) is 2.60. The summed E-state index contributed by atoms with van der Waals surface area (Å²) in [5.74, 6) is -2.74. The average Bonchev–Trinajstić information content (AvgIpc) is 2.77. The zero-order chi connectivity index (χ0) is 18.3. The number of halogens is 5. The van der Waals surface area contributed by atoms with E-state index >= 15 is 0 Å². The molecule has 0 fully saturated rings. The summed E-state index contributed by atoms with van der Waals surface area (Å²) >= 11 is 3.10. The Morgan fingerprint density at radius 3 is 2.32 bits per heavy atom. The zero-order valence-electron chi connectivity index (χ0n) is 13.2. The summed E-state index contributed by atoms with van der Waals surface area (Å²) < 4.78 is 56.4. The molecular formula is C17H12BrF4N3. The van der Waals surface area contributed by atoms with E-state index in [9.17, 15) is 17.6 Å². The van der Waals surface area contributed by atoms with E-state index in [1.54, 1.807) is 14.0 Å². The van der Waals surface area contributed by atoms with Gasteiger partial charge in [-0.25, -0.2) is 17.6 Å². The lowest BCUT2D eigenvalue weighted by molar-refractivity contribution is 0.584. The molecule has 0 saturated carbocycles. The van der Waals surface area contributed by atoms with Gasteiger partial charge in [-0.05, 0) is 41.1 Å². The van der Waals surface area contributed by atoms with Crippen LogP contribution in [0.2, 0.25) is 0 Å². The van der Waals surface area contributed by atoms with Crippen LogP contribution in [0, 0.1) is 30.2 Å². The maximum absolute atomic E-state index is 14.2. The predicted octanol–water partition coefficient (Wildman–Crippen LogP) is 5.46. The molecule has 1 heterocycles. The number of nitrogens with zero attached hydrogens (tertiary/aromatic N) is 2. The van der Waals surface area contributed by atoms with Crippen LogP contribution in [0.15, 0.2) is 34.8 Å². The van der Waals surface area contributed by atoms with Gasteiger partial charge in [0.15, 0.2) is 5.82 Å². The van der Waals surface area contributed by atoms with Crippen molar-refractivity contribution in [2.45, 2.75) is 6.92 Å². The molecule has 0 spiro atoms. The van der Waals surface area contributed by atoms with E-state index in [1.165, 1.54) is 10.7 Å². The van der Waals surface area contributed by atoms with E-state index in [4.69, 9.17) is 0 Å². The van der Waals surface area contributed by atoms with Gasteiger partial charge in [-0.15, -0.1) is 0 Å². The minimum absolute atomic E-state index is 0.0202. The monoisotopic (exact) mass is 413 g/mol. The van der Waals surface area contributed by atoms with E-state index in [-0.39, 0.29) is 21.5 Å². The van der Waals surface area contributed by atoms with Crippen LogP contribution in [0.1, 0.15) is 5.69 Å².